The number of rotatable bonds is 6. The fraction of sp³-hybridized carbons (Fsp3) is 0.533. The summed E-state index contributed by atoms with van der Waals surface area (Å²) < 4.78 is 13.4. The lowest BCUT2D eigenvalue weighted by Gasteiger charge is -2.20. The zero-order chi connectivity index (χ0) is 14.4. The monoisotopic (exact) mass is 266 g/mol. The van der Waals surface area contributed by atoms with Crippen LogP contribution in [-0.2, 0) is 4.79 Å². The molecule has 2 N–H and O–H groups in total. The van der Waals surface area contributed by atoms with E-state index in [0.29, 0.717) is 11.3 Å². The molecular weight excluding hydrogens is 243 g/mol. The maximum atomic E-state index is 13.4. The van der Waals surface area contributed by atoms with Crippen molar-refractivity contribution in [1.82, 2.24) is 5.32 Å². The zero-order valence-electron chi connectivity index (χ0n) is 12.1. The van der Waals surface area contributed by atoms with Crippen LogP contribution in [0.1, 0.15) is 39.2 Å². The second-order valence-corrected chi connectivity index (χ2v) is 4.80. The molecular formula is C15H23FN2O. The van der Waals surface area contributed by atoms with Crippen LogP contribution in [0.4, 0.5) is 10.1 Å². The van der Waals surface area contributed by atoms with Crippen LogP contribution in [0.2, 0.25) is 0 Å². The normalized spacial score (nSPS) is 12.3. The highest BCUT2D eigenvalue weighted by molar-refractivity contribution is 5.84. The Labute approximate surface area is 114 Å². The maximum Gasteiger partial charge on any atom is 0.242 e. The van der Waals surface area contributed by atoms with Crippen LogP contribution in [0, 0.1) is 12.7 Å². The van der Waals surface area contributed by atoms with Crippen LogP contribution in [-0.4, -0.2) is 18.0 Å². The molecule has 1 atom stereocenters. The summed E-state index contributed by atoms with van der Waals surface area (Å²) in [4.78, 5) is 12.0. The smallest absolute Gasteiger partial charge is 0.242 e. The van der Waals surface area contributed by atoms with E-state index >= 15 is 0 Å². The van der Waals surface area contributed by atoms with Crippen LogP contribution >= 0.6 is 0 Å². The van der Waals surface area contributed by atoms with Gasteiger partial charge in [-0.25, -0.2) is 4.39 Å². The molecule has 3 nitrogen and oxygen atoms in total. The minimum atomic E-state index is -0.388. The summed E-state index contributed by atoms with van der Waals surface area (Å²) in [6.07, 6.45) is 1.82. The number of carbonyl (C=O) groups excluding carboxylic acids is 1. The second-order valence-electron chi connectivity index (χ2n) is 4.80. The highest BCUT2D eigenvalue weighted by Gasteiger charge is 2.16. The standard InChI is InChI=1S/C15H23FN2O/c1-5-12(6-2)18-15(19)11(4)17-14-9-7-8-13(16)10(14)3/h7-9,11-12,17H,5-6H2,1-4H3,(H,18,19). The van der Waals surface area contributed by atoms with Crippen LogP contribution in [0.25, 0.3) is 0 Å². The predicted molar refractivity (Wildman–Crippen MR) is 76.7 cm³/mol. The highest BCUT2D eigenvalue weighted by atomic mass is 19.1. The van der Waals surface area contributed by atoms with Gasteiger partial charge in [-0.1, -0.05) is 19.9 Å². The van der Waals surface area contributed by atoms with Gasteiger partial charge in [-0.05, 0) is 38.8 Å². The van der Waals surface area contributed by atoms with Gasteiger partial charge < -0.3 is 10.6 Å². The highest BCUT2D eigenvalue weighted by Crippen LogP contribution is 2.18. The summed E-state index contributed by atoms with van der Waals surface area (Å²) in [5.74, 6) is -0.324. The molecule has 0 heterocycles. The Bertz CT molecular complexity index is 430. The van der Waals surface area contributed by atoms with E-state index in [4.69, 9.17) is 0 Å². The van der Waals surface area contributed by atoms with E-state index in [9.17, 15) is 9.18 Å². The largest absolute Gasteiger partial charge is 0.374 e. The number of carbonyl (C=O) groups is 1. The Morgan fingerprint density at radius 2 is 1.95 bits per heavy atom. The number of halogens is 1. The third-order valence-electron chi connectivity index (χ3n) is 3.36. The Kier molecular flexibility index (Phi) is 5.80. The van der Waals surface area contributed by atoms with Gasteiger partial charge in [-0.2, -0.15) is 0 Å². The average Bonchev–Trinajstić information content (AvgIpc) is 2.40. The van der Waals surface area contributed by atoms with E-state index in [0.717, 1.165) is 12.8 Å². The van der Waals surface area contributed by atoms with Gasteiger partial charge in [0.25, 0.3) is 0 Å². The first-order chi connectivity index (χ1) is 8.99. The van der Waals surface area contributed by atoms with Gasteiger partial charge in [0.15, 0.2) is 0 Å². The van der Waals surface area contributed by atoms with Gasteiger partial charge in [0, 0.05) is 17.3 Å². The topological polar surface area (TPSA) is 41.1 Å². The van der Waals surface area contributed by atoms with Gasteiger partial charge in [0.1, 0.15) is 11.9 Å². The molecule has 0 bridgehead atoms. The molecule has 1 unspecified atom stereocenters. The molecule has 4 heteroatoms. The van der Waals surface area contributed by atoms with Gasteiger partial charge in [-0.3, -0.25) is 4.79 Å². The first-order valence-corrected chi connectivity index (χ1v) is 6.81. The van der Waals surface area contributed by atoms with E-state index < -0.39 is 0 Å². The Morgan fingerprint density at radius 3 is 2.53 bits per heavy atom. The zero-order valence-corrected chi connectivity index (χ0v) is 12.1. The van der Waals surface area contributed by atoms with Crippen LogP contribution in [0.3, 0.4) is 0 Å². The van der Waals surface area contributed by atoms with E-state index in [1.165, 1.54) is 6.07 Å². The molecule has 1 aromatic carbocycles. The number of hydrogen-bond acceptors (Lipinski definition) is 2. The summed E-state index contributed by atoms with van der Waals surface area (Å²) in [5.41, 5.74) is 1.19. The van der Waals surface area contributed by atoms with Crippen molar-refractivity contribution >= 4 is 11.6 Å². The fourth-order valence-electron chi connectivity index (χ4n) is 1.88. The summed E-state index contributed by atoms with van der Waals surface area (Å²) in [5, 5.41) is 6.03. The van der Waals surface area contributed by atoms with Gasteiger partial charge >= 0.3 is 0 Å². The molecule has 0 saturated heterocycles. The molecule has 0 aliphatic rings. The molecule has 1 rings (SSSR count). The van der Waals surface area contributed by atoms with E-state index in [1.54, 1.807) is 26.0 Å². The summed E-state index contributed by atoms with van der Waals surface area (Å²) in [7, 11) is 0. The van der Waals surface area contributed by atoms with Gasteiger partial charge in [0.2, 0.25) is 5.91 Å². The Balaban J connectivity index is 2.66. The second kappa shape index (κ2) is 7.12. The average molecular weight is 266 g/mol. The first kappa shape index (κ1) is 15.5. The molecule has 106 valence electrons. The van der Waals surface area contributed by atoms with E-state index in [-0.39, 0.29) is 23.8 Å². The molecule has 0 aliphatic carbocycles. The molecule has 19 heavy (non-hydrogen) atoms. The minimum Gasteiger partial charge on any atom is -0.374 e. The van der Waals surface area contributed by atoms with Crippen LogP contribution in [0.5, 0.6) is 0 Å². The van der Waals surface area contributed by atoms with Crippen LogP contribution in [0.15, 0.2) is 18.2 Å². The number of hydrogen-bond donors (Lipinski definition) is 2. The molecule has 0 fully saturated rings. The number of anilines is 1. The molecule has 0 radical (unpaired) electrons. The third-order valence-corrected chi connectivity index (χ3v) is 3.36. The lowest BCUT2D eigenvalue weighted by molar-refractivity contribution is -0.122. The van der Waals surface area contributed by atoms with Crippen molar-refractivity contribution in [3.8, 4) is 0 Å². The number of benzene rings is 1. The molecule has 0 aliphatic heterocycles. The number of amides is 1. The Morgan fingerprint density at radius 1 is 1.32 bits per heavy atom. The van der Waals surface area contributed by atoms with E-state index in [1.807, 2.05) is 13.8 Å². The third kappa shape index (κ3) is 4.23. The van der Waals surface area contributed by atoms with Crippen molar-refractivity contribution in [1.29, 1.82) is 0 Å². The van der Waals surface area contributed by atoms with E-state index in [2.05, 4.69) is 10.6 Å². The predicted octanol–water partition coefficient (Wildman–Crippen LogP) is 3.24. The summed E-state index contributed by atoms with van der Waals surface area (Å²) >= 11 is 0. The summed E-state index contributed by atoms with van der Waals surface area (Å²) in [6.45, 7) is 7.57. The molecule has 1 aromatic rings. The minimum absolute atomic E-state index is 0.0580. The fourth-order valence-corrected chi connectivity index (χ4v) is 1.88. The van der Waals surface area contributed by atoms with Crippen molar-refractivity contribution in [2.45, 2.75) is 52.6 Å². The molecule has 0 spiro atoms. The van der Waals surface area contributed by atoms with Crippen molar-refractivity contribution in [2.75, 3.05) is 5.32 Å². The number of nitrogens with one attached hydrogen (secondary N) is 2. The lowest BCUT2D eigenvalue weighted by Crippen LogP contribution is -2.42. The van der Waals surface area contributed by atoms with Crippen molar-refractivity contribution in [3.05, 3.63) is 29.6 Å². The quantitative estimate of drug-likeness (QED) is 0.830. The molecule has 1 amide bonds. The molecule has 0 saturated carbocycles. The van der Waals surface area contributed by atoms with Gasteiger partial charge in [0.05, 0.1) is 0 Å². The van der Waals surface area contributed by atoms with Crippen molar-refractivity contribution in [3.63, 3.8) is 0 Å². The Hall–Kier alpha value is -1.58. The lowest BCUT2D eigenvalue weighted by atomic mass is 10.1. The SMILES string of the molecule is CCC(CC)NC(=O)C(C)Nc1cccc(F)c1C. The van der Waals surface area contributed by atoms with Crippen molar-refractivity contribution in [2.24, 2.45) is 0 Å². The maximum absolute atomic E-state index is 13.4. The first-order valence-electron chi connectivity index (χ1n) is 6.81. The van der Waals surface area contributed by atoms with Gasteiger partial charge in [-0.15, -0.1) is 0 Å². The van der Waals surface area contributed by atoms with Crippen molar-refractivity contribution < 1.29 is 9.18 Å². The molecule has 0 aromatic heterocycles. The summed E-state index contributed by atoms with van der Waals surface area (Å²) in [6, 6.07) is 4.64. The van der Waals surface area contributed by atoms with Crippen LogP contribution < -0.4 is 10.6 Å².